The number of carbonyl (C=O) groups is 4. The first kappa shape index (κ1) is 33.1. The lowest BCUT2D eigenvalue weighted by molar-refractivity contribution is -0.224. The summed E-state index contributed by atoms with van der Waals surface area (Å²) in [5, 5.41) is 20.9. The molecule has 250 valence electrons. The largest absolute Gasteiger partial charge is 0.457 e. The van der Waals surface area contributed by atoms with Crippen molar-refractivity contribution in [1.29, 1.82) is 5.26 Å². The smallest absolute Gasteiger partial charge is 0.352 e. The summed E-state index contributed by atoms with van der Waals surface area (Å²) in [6.45, 7) is 4.14. The molecule has 48 heavy (non-hydrogen) atoms. The second-order valence-corrected chi connectivity index (χ2v) is 13.4. The van der Waals surface area contributed by atoms with Crippen LogP contribution in [0.25, 0.3) is 0 Å². The number of nitrogens with zero attached hydrogens (tertiary/aromatic N) is 1. The van der Waals surface area contributed by atoms with E-state index in [4.69, 9.17) is 18.9 Å². The van der Waals surface area contributed by atoms with Crippen molar-refractivity contribution in [3.05, 3.63) is 77.9 Å². The summed E-state index contributed by atoms with van der Waals surface area (Å²) >= 11 is 0. The molecule has 4 aliphatic carbocycles. The molecule has 2 aromatic carbocycles. The molecule has 6 rings (SSSR count). The van der Waals surface area contributed by atoms with Gasteiger partial charge in [-0.15, -0.1) is 0 Å². The maximum atomic E-state index is 17.6. The highest BCUT2D eigenvalue weighted by atomic mass is 19.1. The number of ether oxygens (including phenoxy) is 4. The fourth-order valence-corrected chi connectivity index (χ4v) is 8.74. The molecule has 0 bridgehead atoms. The van der Waals surface area contributed by atoms with Gasteiger partial charge in [-0.05, 0) is 93.5 Å². The SMILES string of the molecule is CC(=O)Oc1cccc(Oc2ccc(C(=O)O[C@@]3(C(=O)OCC#N)CC[C@H]4[C@@H]5CCC6=CC(=O)C=C[C@]6(C)C5(F)[C@@H](O)C[C@@]43C)cc2)c1. The molecule has 0 aromatic heterocycles. The number of nitriles is 1. The molecule has 0 saturated heterocycles. The monoisotopic (exact) mass is 657 g/mol. The molecule has 3 fully saturated rings. The van der Waals surface area contributed by atoms with E-state index >= 15 is 4.39 Å². The van der Waals surface area contributed by atoms with E-state index in [0.717, 1.165) is 0 Å². The van der Waals surface area contributed by atoms with E-state index in [0.29, 0.717) is 42.1 Å². The van der Waals surface area contributed by atoms with E-state index in [1.807, 2.05) is 0 Å². The molecule has 0 heterocycles. The number of esters is 3. The van der Waals surface area contributed by atoms with Crippen LogP contribution >= 0.6 is 0 Å². The summed E-state index contributed by atoms with van der Waals surface area (Å²) in [7, 11) is 0. The van der Waals surface area contributed by atoms with Crippen LogP contribution in [0.4, 0.5) is 4.39 Å². The number of aliphatic hydroxyl groups excluding tert-OH is 1. The van der Waals surface area contributed by atoms with Crippen LogP contribution < -0.4 is 9.47 Å². The lowest BCUT2D eigenvalue weighted by atomic mass is 9.45. The zero-order valence-corrected chi connectivity index (χ0v) is 26.9. The lowest BCUT2D eigenvalue weighted by Crippen LogP contribution is -2.69. The van der Waals surface area contributed by atoms with Gasteiger partial charge in [0.2, 0.25) is 5.60 Å². The Balaban J connectivity index is 1.28. The fourth-order valence-electron chi connectivity index (χ4n) is 8.74. The van der Waals surface area contributed by atoms with Gasteiger partial charge >= 0.3 is 17.9 Å². The van der Waals surface area contributed by atoms with E-state index in [9.17, 15) is 29.5 Å². The van der Waals surface area contributed by atoms with E-state index in [1.54, 1.807) is 44.2 Å². The van der Waals surface area contributed by atoms with Crippen molar-refractivity contribution in [3.63, 3.8) is 0 Å². The quantitative estimate of drug-likeness (QED) is 0.289. The van der Waals surface area contributed by atoms with Crippen molar-refractivity contribution in [1.82, 2.24) is 0 Å². The fraction of sp³-hybridized carbons (Fsp3) is 0.432. The summed E-state index contributed by atoms with van der Waals surface area (Å²) in [6, 6.07) is 14.2. The Morgan fingerprint density at radius 3 is 2.48 bits per heavy atom. The lowest BCUT2D eigenvalue weighted by Gasteiger charge is -2.62. The Kier molecular flexibility index (Phi) is 8.28. The molecular weight excluding hydrogens is 621 g/mol. The van der Waals surface area contributed by atoms with E-state index in [2.05, 4.69) is 0 Å². The van der Waals surface area contributed by atoms with E-state index in [1.165, 1.54) is 49.4 Å². The maximum absolute atomic E-state index is 17.6. The van der Waals surface area contributed by atoms with Gasteiger partial charge in [0.1, 0.15) is 23.3 Å². The number of fused-ring (bicyclic) bond motifs is 5. The number of rotatable bonds is 7. The predicted molar refractivity (Wildman–Crippen MR) is 167 cm³/mol. The Hall–Kier alpha value is -4.82. The number of benzene rings is 2. The third-order valence-electron chi connectivity index (χ3n) is 11.0. The Morgan fingerprint density at radius 2 is 1.77 bits per heavy atom. The van der Waals surface area contributed by atoms with Crippen LogP contribution in [-0.2, 0) is 23.9 Å². The molecule has 0 spiro atoms. The Bertz CT molecular complexity index is 1780. The van der Waals surface area contributed by atoms with Gasteiger partial charge in [-0.3, -0.25) is 9.59 Å². The van der Waals surface area contributed by atoms with Crippen molar-refractivity contribution in [2.75, 3.05) is 6.61 Å². The molecular formula is C37H36FNO9. The van der Waals surface area contributed by atoms with Crippen molar-refractivity contribution in [3.8, 4) is 23.3 Å². The molecule has 11 heteroatoms. The van der Waals surface area contributed by atoms with Crippen LogP contribution in [0.15, 0.2) is 72.3 Å². The highest BCUT2D eigenvalue weighted by Gasteiger charge is 2.76. The third kappa shape index (κ3) is 5.10. The van der Waals surface area contributed by atoms with Crippen LogP contribution in [0.5, 0.6) is 17.2 Å². The minimum Gasteiger partial charge on any atom is -0.457 e. The second kappa shape index (κ2) is 12.0. The molecule has 10 nitrogen and oxygen atoms in total. The molecule has 0 amide bonds. The Morgan fingerprint density at radius 1 is 1.04 bits per heavy atom. The summed E-state index contributed by atoms with van der Waals surface area (Å²) < 4.78 is 39.9. The molecule has 0 radical (unpaired) electrons. The summed E-state index contributed by atoms with van der Waals surface area (Å²) in [6.07, 6.45) is 3.65. The summed E-state index contributed by atoms with van der Waals surface area (Å²) in [5.74, 6) is -2.59. The van der Waals surface area contributed by atoms with Gasteiger partial charge in [-0.25, -0.2) is 14.0 Å². The number of ketones is 1. The van der Waals surface area contributed by atoms with Crippen molar-refractivity contribution in [2.24, 2.45) is 22.7 Å². The molecule has 1 unspecified atom stereocenters. The van der Waals surface area contributed by atoms with Gasteiger partial charge in [0.05, 0.1) is 11.7 Å². The second-order valence-electron chi connectivity index (χ2n) is 13.4. The summed E-state index contributed by atoms with van der Waals surface area (Å²) in [5.41, 5.74) is -5.78. The molecule has 4 aliphatic rings. The summed E-state index contributed by atoms with van der Waals surface area (Å²) in [4.78, 5) is 51.0. The van der Waals surface area contributed by atoms with Crippen LogP contribution in [0.1, 0.15) is 63.2 Å². The zero-order chi connectivity index (χ0) is 34.5. The van der Waals surface area contributed by atoms with Crippen molar-refractivity contribution >= 4 is 23.7 Å². The zero-order valence-electron chi connectivity index (χ0n) is 26.9. The molecule has 1 N–H and O–H groups in total. The average molecular weight is 658 g/mol. The molecule has 3 saturated carbocycles. The average Bonchev–Trinajstić information content (AvgIpc) is 3.33. The van der Waals surface area contributed by atoms with Crippen molar-refractivity contribution < 1.29 is 47.6 Å². The van der Waals surface area contributed by atoms with E-state index in [-0.39, 0.29) is 24.2 Å². The topological polar surface area (TPSA) is 149 Å². The van der Waals surface area contributed by atoms with Crippen LogP contribution in [0.3, 0.4) is 0 Å². The molecule has 7 atom stereocenters. The minimum absolute atomic E-state index is 0.0110. The van der Waals surface area contributed by atoms with Gasteiger partial charge in [0.25, 0.3) is 0 Å². The number of hydrogen-bond donors (Lipinski definition) is 1. The molecule has 0 aliphatic heterocycles. The van der Waals surface area contributed by atoms with Crippen LogP contribution in [0, 0.1) is 34.0 Å². The number of aliphatic hydroxyl groups is 1. The van der Waals surface area contributed by atoms with Gasteiger partial charge < -0.3 is 24.1 Å². The highest BCUT2D eigenvalue weighted by molar-refractivity contribution is 6.01. The number of alkyl halides is 1. The standard InChI is InChI=1S/C37H36FNO9/c1-22(40)46-27-5-4-6-28(20-27)47-26-10-7-23(8-11-26)32(43)48-36(33(44)45-18-17-39)16-14-29-30-12-9-24-19-25(41)13-15-34(24,2)37(30,38)31(42)21-35(29,36)3/h4-8,10-11,13,15,19-20,29-31,42H,9,12,14,16,18,21H2,1-3H3/t29-,30-,31-,34-,35-,36+,37?/m0/s1. The van der Waals surface area contributed by atoms with Crippen LogP contribution in [0.2, 0.25) is 0 Å². The molecule has 2 aromatic rings. The number of allylic oxidation sites excluding steroid dienone is 4. The third-order valence-corrected chi connectivity index (χ3v) is 11.0. The number of hydrogen-bond acceptors (Lipinski definition) is 10. The first-order valence-electron chi connectivity index (χ1n) is 15.9. The first-order chi connectivity index (χ1) is 22.8. The van der Waals surface area contributed by atoms with Crippen LogP contribution in [-0.4, -0.2) is 52.8 Å². The van der Waals surface area contributed by atoms with Crippen molar-refractivity contribution in [2.45, 2.75) is 70.2 Å². The predicted octanol–water partition coefficient (Wildman–Crippen LogP) is 5.74. The van der Waals surface area contributed by atoms with Gasteiger partial charge in [0, 0.05) is 29.7 Å². The van der Waals surface area contributed by atoms with Gasteiger partial charge in [-0.2, -0.15) is 5.26 Å². The number of carbonyl (C=O) groups excluding carboxylic acids is 4. The maximum Gasteiger partial charge on any atom is 0.352 e. The van der Waals surface area contributed by atoms with Gasteiger partial charge in [-0.1, -0.05) is 24.6 Å². The van der Waals surface area contributed by atoms with Gasteiger partial charge in [0.15, 0.2) is 18.1 Å². The van der Waals surface area contributed by atoms with E-state index < -0.39 is 64.6 Å². The first-order valence-corrected chi connectivity index (χ1v) is 15.9. The Labute approximate surface area is 277 Å². The number of halogens is 1. The highest BCUT2D eigenvalue weighted by Crippen LogP contribution is 2.70. The normalized spacial score (nSPS) is 33.2. The minimum atomic E-state index is -2.14.